The monoisotopic (exact) mass is 258 g/mol. The first-order valence-electron chi connectivity index (χ1n) is 6.18. The van der Waals surface area contributed by atoms with Crippen LogP contribution in [0.25, 0.3) is 0 Å². The van der Waals surface area contributed by atoms with Gasteiger partial charge in [0.05, 0.1) is 6.61 Å². The molecule has 0 fully saturated rings. The molecule has 1 aromatic carbocycles. The number of benzene rings is 1. The summed E-state index contributed by atoms with van der Waals surface area (Å²) in [5.41, 5.74) is 1.88. The first-order chi connectivity index (χ1) is 9.28. The van der Waals surface area contributed by atoms with Crippen LogP contribution in [0.1, 0.15) is 5.69 Å². The number of aromatic nitrogens is 2. The zero-order chi connectivity index (χ0) is 13.5. The lowest BCUT2D eigenvalue weighted by Crippen LogP contribution is -2.10. The molecule has 0 radical (unpaired) electrons. The third-order valence-corrected chi connectivity index (χ3v) is 2.50. The second-order valence-corrected chi connectivity index (χ2v) is 4.13. The third kappa shape index (κ3) is 4.22. The molecule has 0 unspecified atom stereocenters. The van der Waals surface area contributed by atoms with Crippen LogP contribution in [0.5, 0.6) is 0 Å². The highest BCUT2D eigenvalue weighted by molar-refractivity contribution is 5.54. The maximum atomic E-state index is 5.00. The highest BCUT2D eigenvalue weighted by Crippen LogP contribution is 2.15. The number of methoxy groups -OCH3 is 1. The molecule has 0 spiro atoms. The largest absolute Gasteiger partial charge is 0.383 e. The maximum absolute atomic E-state index is 5.00. The van der Waals surface area contributed by atoms with Gasteiger partial charge in [0.25, 0.3) is 0 Å². The lowest BCUT2D eigenvalue weighted by Gasteiger charge is -2.09. The van der Waals surface area contributed by atoms with E-state index < -0.39 is 0 Å². The summed E-state index contributed by atoms with van der Waals surface area (Å²) in [6.07, 6.45) is 0. The summed E-state index contributed by atoms with van der Waals surface area (Å²) in [5, 5.41) is 6.38. The van der Waals surface area contributed by atoms with E-state index in [-0.39, 0.29) is 0 Å². The van der Waals surface area contributed by atoms with Crippen LogP contribution < -0.4 is 10.6 Å². The summed E-state index contributed by atoms with van der Waals surface area (Å²) in [6.45, 7) is 3.31. The Morgan fingerprint density at radius 3 is 2.68 bits per heavy atom. The molecule has 2 aromatic rings. The molecular formula is C14H18N4O. The molecule has 1 heterocycles. The van der Waals surface area contributed by atoms with E-state index >= 15 is 0 Å². The molecule has 0 saturated carbocycles. The smallest absolute Gasteiger partial charge is 0.229 e. The van der Waals surface area contributed by atoms with Crippen molar-refractivity contribution >= 4 is 17.5 Å². The fourth-order valence-electron chi connectivity index (χ4n) is 1.65. The van der Waals surface area contributed by atoms with Gasteiger partial charge in [-0.25, -0.2) is 4.98 Å². The van der Waals surface area contributed by atoms with Crippen molar-refractivity contribution in [2.45, 2.75) is 6.92 Å². The maximum Gasteiger partial charge on any atom is 0.229 e. The predicted octanol–water partition coefficient (Wildman–Crippen LogP) is 2.59. The summed E-state index contributed by atoms with van der Waals surface area (Å²) in [5.74, 6) is 1.38. The van der Waals surface area contributed by atoms with Crippen molar-refractivity contribution in [2.75, 3.05) is 30.9 Å². The molecule has 1 aromatic heterocycles. The zero-order valence-corrected chi connectivity index (χ0v) is 11.2. The normalized spacial score (nSPS) is 10.2. The van der Waals surface area contributed by atoms with Crippen LogP contribution in [0, 0.1) is 6.92 Å². The molecule has 100 valence electrons. The highest BCUT2D eigenvalue weighted by Gasteiger charge is 2.02. The predicted molar refractivity (Wildman–Crippen MR) is 76.9 cm³/mol. The minimum absolute atomic E-state index is 0.589. The standard InChI is InChI=1S/C14H18N4O/c1-11-10-13(15-8-9-19-2)18-14(16-11)17-12-6-4-3-5-7-12/h3-7,10H,8-9H2,1-2H3,(H2,15,16,17,18). The third-order valence-electron chi connectivity index (χ3n) is 2.50. The Kier molecular flexibility index (Phi) is 4.69. The summed E-state index contributed by atoms with van der Waals surface area (Å²) >= 11 is 0. The van der Waals surface area contributed by atoms with Crippen molar-refractivity contribution in [2.24, 2.45) is 0 Å². The fraction of sp³-hybridized carbons (Fsp3) is 0.286. The lowest BCUT2D eigenvalue weighted by atomic mass is 10.3. The molecule has 0 saturated heterocycles. The van der Waals surface area contributed by atoms with E-state index in [4.69, 9.17) is 4.74 Å². The van der Waals surface area contributed by atoms with E-state index in [1.54, 1.807) is 7.11 Å². The minimum Gasteiger partial charge on any atom is -0.383 e. The van der Waals surface area contributed by atoms with Crippen molar-refractivity contribution in [3.8, 4) is 0 Å². The summed E-state index contributed by atoms with van der Waals surface area (Å²) < 4.78 is 5.00. The van der Waals surface area contributed by atoms with Crippen molar-refractivity contribution in [1.82, 2.24) is 9.97 Å². The molecular weight excluding hydrogens is 240 g/mol. The number of rotatable bonds is 6. The number of nitrogens with zero attached hydrogens (tertiary/aromatic N) is 2. The van der Waals surface area contributed by atoms with Gasteiger partial charge in [0, 0.05) is 31.1 Å². The van der Waals surface area contributed by atoms with Gasteiger partial charge in [-0.3, -0.25) is 0 Å². The Morgan fingerprint density at radius 2 is 1.95 bits per heavy atom. The van der Waals surface area contributed by atoms with Crippen LogP contribution in [-0.2, 0) is 4.74 Å². The summed E-state index contributed by atoms with van der Waals surface area (Å²) in [7, 11) is 1.68. The van der Waals surface area contributed by atoms with E-state index in [9.17, 15) is 0 Å². The van der Waals surface area contributed by atoms with E-state index in [1.807, 2.05) is 43.3 Å². The van der Waals surface area contributed by atoms with Gasteiger partial charge >= 0.3 is 0 Å². The van der Waals surface area contributed by atoms with E-state index in [0.717, 1.165) is 23.7 Å². The molecule has 5 heteroatoms. The first-order valence-corrected chi connectivity index (χ1v) is 6.18. The van der Waals surface area contributed by atoms with E-state index in [2.05, 4.69) is 20.6 Å². The highest BCUT2D eigenvalue weighted by atomic mass is 16.5. The SMILES string of the molecule is COCCNc1cc(C)nc(Nc2ccccc2)n1. The van der Waals surface area contributed by atoms with Gasteiger partial charge in [-0.2, -0.15) is 4.98 Å². The molecule has 19 heavy (non-hydrogen) atoms. The quantitative estimate of drug-likeness (QED) is 0.780. The van der Waals surface area contributed by atoms with Crippen LogP contribution in [0.15, 0.2) is 36.4 Å². The van der Waals surface area contributed by atoms with Gasteiger partial charge in [0.15, 0.2) is 0 Å². The minimum atomic E-state index is 0.589. The molecule has 0 atom stereocenters. The Labute approximate surface area is 113 Å². The second kappa shape index (κ2) is 6.70. The number of anilines is 3. The number of para-hydroxylation sites is 1. The van der Waals surface area contributed by atoms with Gasteiger partial charge in [-0.1, -0.05) is 18.2 Å². The number of aryl methyl sites for hydroxylation is 1. The van der Waals surface area contributed by atoms with Crippen LogP contribution >= 0.6 is 0 Å². The Morgan fingerprint density at radius 1 is 1.16 bits per heavy atom. The molecule has 0 aliphatic heterocycles. The molecule has 0 bridgehead atoms. The molecule has 0 aliphatic carbocycles. The number of hydrogen-bond acceptors (Lipinski definition) is 5. The molecule has 0 aliphatic rings. The first kappa shape index (κ1) is 13.3. The Balaban J connectivity index is 2.08. The average molecular weight is 258 g/mol. The lowest BCUT2D eigenvalue weighted by molar-refractivity contribution is 0.210. The van der Waals surface area contributed by atoms with Crippen molar-refractivity contribution in [1.29, 1.82) is 0 Å². The fourth-order valence-corrected chi connectivity index (χ4v) is 1.65. The van der Waals surface area contributed by atoms with Gasteiger partial charge in [-0.15, -0.1) is 0 Å². The van der Waals surface area contributed by atoms with Crippen LogP contribution in [0.4, 0.5) is 17.5 Å². The van der Waals surface area contributed by atoms with Crippen LogP contribution in [0.2, 0.25) is 0 Å². The van der Waals surface area contributed by atoms with Crippen molar-refractivity contribution < 1.29 is 4.74 Å². The number of nitrogens with one attached hydrogen (secondary N) is 2. The summed E-state index contributed by atoms with van der Waals surface area (Å²) in [6, 6.07) is 11.8. The Bertz CT molecular complexity index is 516. The van der Waals surface area contributed by atoms with Gasteiger partial charge in [0.2, 0.25) is 5.95 Å². The topological polar surface area (TPSA) is 59.1 Å². The van der Waals surface area contributed by atoms with Crippen LogP contribution in [-0.4, -0.2) is 30.2 Å². The zero-order valence-electron chi connectivity index (χ0n) is 11.2. The van der Waals surface area contributed by atoms with Crippen molar-refractivity contribution in [3.63, 3.8) is 0 Å². The van der Waals surface area contributed by atoms with Gasteiger partial charge in [-0.05, 0) is 19.1 Å². The molecule has 2 rings (SSSR count). The van der Waals surface area contributed by atoms with Crippen LogP contribution in [0.3, 0.4) is 0 Å². The van der Waals surface area contributed by atoms with Gasteiger partial charge in [0.1, 0.15) is 5.82 Å². The van der Waals surface area contributed by atoms with Gasteiger partial charge < -0.3 is 15.4 Å². The van der Waals surface area contributed by atoms with Crippen molar-refractivity contribution in [3.05, 3.63) is 42.1 Å². The Hall–Kier alpha value is -2.14. The second-order valence-electron chi connectivity index (χ2n) is 4.13. The van der Waals surface area contributed by atoms with E-state index in [1.165, 1.54) is 0 Å². The van der Waals surface area contributed by atoms with E-state index in [0.29, 0.717) is 12.6 Å². The number of ether oxygens (including phenoxy) is 1. The summed E-state index contributed by atoms with van der Waals surface area (Å²) in [4.78, 5) is 8.78. The average Bonchev–Trinajstić information content (AvgIpc) is 2.39. The molecule has 2 N–H and O–H groups in total. The number of hydrogen-bond donors (Lipinski definition) is 2. The molecule has 0 amide bonds. The molecule has 5 nitrogen and oxygen atoms in total.